The number of benzene rings is 2. The summed E-state index contributed by atoms with van der Waals surface area (Å²) in [5.74, 6) is -1.29. The molecular weight excluding hydrogens is 675 g/mol. The minimum Gasteiger partial charge on any atom is -0.508 e. The zero-order chi connectivity index (χ0) is 38.2. The third-order valence-electron chi connectivity index (χ3n) is 7.37. The number of nitrogens with zero attached hydrogens (tertiary/aromatic N) is 1. The smallest absolute Gasteiger partial charge is 0.408 e. The van der Waals surface area contributed by atoms with E-state index in [0.717, 1.165) is 17.7 Å². The summed E-state index contributed by atoms with van der Waals surface area (Å²) in [6.45, 7) is 10.2. The number of hydrogen-bond donors (Lipinski definition) is 5. The van der Waals surface area contributed by atoms with Crippen LogP contribution >= 0.6 is 11.8 Å². The fourth-order valence-electron chi connectivity index (χ4n) is 4.69. The summed E-state index contributed by atoms with van der Waals surface area (Å²) in [7, 11) is 1.52. The average molecular weight is 730 g/mol. The second-order valence-electron chi connectivity index (χ2n) is 14.1. The first-order valence-electron chi connectivity index (χ1n) is 16.9. The van der Waals surface area contributed by atoms with Gasteiger partial charge in [0.1, 0.15) is 29.5 Å². The van der Waals surface area contributed by atoms with Gasteiger partial charge in [-0.05, 0) is 83.2 Å². The number of carbonyl (C=O) groups is 5. The lowest BCUT2D eigenvalue weighted by Gasteiger charge is -2.29. The van der Waals surface area contributed by atoms with Crippen LogP contribution in [0.25, 0.3) is 0 Å². The fourth-order valence-corrected chi connectivity index (χ4v) is 5.12. The van der Waals surface area contributed by atoms with Gasteiger partial charge < -0.3 is 40.7 Å². The van der Waals surface area contributed by atoms with Crippen LogP contribution in [0.1, 0.15) is 59.1 Å². The molecule has 0 aromatic heterocycles. The second-order valence-corrected chi connectivity index (χ2v) is 15.1. The van der Waals surface area contributed by atoms with Crippen LogP contribution in [0.5, 0.6) is 5.75 Å². The van der Waals surface area contributed by atoms with Crippen molar-refractivity contribution in [1.82, 2.24) is 26.2 Å². The number of likely N-dealkylation sites (N-methyl/N-ethyl adjacent to an activating group) is 1. The number of ether oxygens (including phenoxy) is 2. The molecule has 13 nitrogen and oxygen atoms in total. The highest BCUT2D eigenvalue weighted by Gasteiger charge is 2.32. The quantitative estimate of drug-likeness (QED) is 0.144. The van der Waals surface area contributed by atoms with Crippen LogP contribution in [0.2, 0.25) is 0 Å². The summed E-state index contributed by atoms with van der Waals surface area (Å²) < 4.78 is 11.2. The predicted octanol–water partition coefficient (Wildman–Crippen LogP) is 3.18. The summed E-state index contributed by atoms with van der Waals surface area (Å²) in [5.41, 5.74) is -0.00778. The molecule has 51 heavy (non-hydrogen) atoms. The van der Waals surface area contributed by atoms with Crippen molar-refractivity contribution in [3.63, 3.8) is 0 Å². The molecule has 282 valence electrons. The van der Waals surface area contributed by atoms with Gasteiger partial charge in [-0.15, -0.1) is 0 Å². The van der Waals surface area contributed by atoms with Crippen molar-refractivity contribution in [3.8, 4) is 5.75 Å². The lowest BCUT2D eigenvalue weighted by Crippen LogP contribution is -2.57. The van der Waals surface area contributed by atoms with Gasteiger partial charge in [-0.1, -0.05) is 42.5 Å². The van der Waals surface area contributed by atoms with Crippen LogP contribution in [-0.4, -0.2) is 108 Å². The highest BCUT2D eigenvalue weighted by molar-refractivity contribution is 7.98. The molecular formula is C37H55N5O8S. The molecule has 0 spiro atoms. The molecule has 3 atom stereocenters. The monoisotopic (exact) mass is 729 g/mol. The highest BCUT2D eigenvalue weighted by Crippen LogP contribution is 2.14. The number of carbonyl (C=O) groups excluding carboxylic acids is 5. The first-order chi connectivity index (χ1) is 23.9. The number of rotatable bonds is 18. The number of hydrogen-bond acceptors (Lipinski definition) is 9. The van der Waals surface area contributed by atoms with Gasteiger partial charge in [0.25, 0.3) is 0 Å². The molecule has 2 aromatic carbocycles. The Morgan fingerprint density at radius 1 is 0.784 bits per heavy atom. The number of phenolic OH excluding ortho intramolecular Hbond substituents is 1. The SMILES string of the molecule is CSCCCNC(=O)[C@H](Cc1ccccc1)N(C)C(=O)CNC(=O)[C@@H](COC(C)(C)C)NC(=O)[C@H](Cc1ccc(O)cc1)NC(=O)OC(C)(C)C. The number of phenols is 1. The molecule has 0 aliphatic heterocycles. The second kappa shape index (κ2) is 20.5. The largest absolute Gasteiger partial charge is 0.508 e. The van der Waals surface area contributed by atoms with Gasteiger partial charge in [-0.2, -0.15) is 11.8 Å². The Morgan fingerprint density at radius 2 is 1.41 bits per heavy atom. The van der Waals surface area contributed by atoms with Crippen LogP contribution in [-0.2, 0) is 41.5 Å². The lowest BCUT2D eigenvalue weighted by atomic mass is 10.0. The van der Waals surface area contributed by atoms with E-state index in [4.69, 9.17) is 9.47 Å². The Bertz CT molecular complexity index is 1430. The fraction of sp³-hybridized carbons (Fsp3) is 0.541. The Morgan fingerprint density at radius 3 is 2.00 bits per heavy atom. The minimum atomic E-state index is -1.25. The molecule has 0 heterocycles. The van der Waals surface area contributed by atoms with E-state index in [1.165, 1.54) is 24.1 Å². The van der Waals surface area contributed by atoms with Gasteiger partial charge in [-0.25, -0.2) is 4.79 Å². The summed E-state index contributed by atoms with van der Waals surface area (Å²) in [5, 5.41) is 20.4. The van der Waals surface area contributed by atoms with Crippen molar-refractivity contribution in [2.45, 2.75) is 90.1 Å². The van der Waals surface area contributed by atoms with Crippen LogP contribution in [0.4, 0.5) is 4.79 Å². The Balaban J connectivity index is 2.22. The maximum atomic E-state index is 13.7. The van der Waals surface area contributed by atoms with E-state index in [1.807, 2.05) is 36.6 Å². The number of thioether (sulfide) groups is 1. The number of nitrogens with one attached hydrogen (secondary N) is 4. The van der Waals surface area contributed by atoms with Gasteiger partial charge in [0.05, 0.1) is 18.8 Å². The van der Waals surface area contributed by atoms with Crippen LogP contribution in [0.3, 0.4) is 0 Å². The maximum absolute atomic E-state index is 13.7. The molecule has 2 aromatic rings. The van der Waals surface area contributed by atoms with Crippen LogP contribution < -0.4 is 21.3 Å². The third kappa shape index (κ3) is 17.0. The van der Waals surface area contributed by atoms with E-state index < -0.39 is 59.7 Å². The van der Waals surface area contributed by atoms with Crippen molar-refractivity contribution in [2.24, 2.45) is 0 Å². The summed E-state index contributed by atoms with van der Waals surface area (Å²) in [4.78, 5) is 67.9. The molecule has 0 bridgehead atoms. The first kappa shape index (κ1) is 42.9. The van der Waals surface area contributed by atoms with E-state index in [0.29, 0.717) is 12.1 Å². The van der Waals surface area contributed by atoms with Gasteiger partial charge >= 0.3 is 6.09 Å². The molecule has 2 rings (SSSR count). The Labute approximate surface area is 306 Å². The van der Waals surface area contributed by atoms with Crippen LogP contribution in [0, 0.1) is 0 Å². The zero-order valence-electron chi connectivity index (χ0n) is 31.0. The standard InChI is InChI=1S/C37H55N5O8S/c1-36(2,3)49-24-29(40-33(46)28(41-35(48)50-37(4,5)6)21-26-15-17-27(43)18-16-26)32(45)39-23-31(44)42(7)30(22-25-13-10-9-11-14-25)34(47)38-19-12-20-51-8/h9-11,13-18,28-30,43H,12,19-24H2,1-8H3,(H,38,47)(H,39,45)(H,40,46)(H,41,48)/t28-,29+,30-/m0/s1. The van der Waals surface area contributed by atoms with E-state index in [1.54, 1.807) is 65.4 Å². The molecule has 0 saturated carbocycles. The van der Waals surface area contributed by atoms with Crippen molar-refractivity contribution >= 4 is 41.5 Å². The molecule has 0 unspecified atom stereocenters. The third-order valence-corrected chi connectivity index (χ3v) is 8.07. The predicted molar refractivity (Wildman–Crippen MR) is 198 cm³/mol. The molecule has 0 radical (unpaired) electrons. The highest BCUT2D eigenvalue weighted by atomic mass is 32.2. The van der Waals surface area contributed by atoms with Crippen LogP contribution in [0.15, 0.2) is 54.6 Å². The number of alkyl carbamates (subject to hydrolysis) is 1. The first-order valence-corrected chi connectivity index (χ1v) is 18.3. The topological polar surface area (TPSA) is 175 Å². The molecule has 5 amide bonds. The molecule has 0 saturated heterocycles. The van der Waals surface area contributed by atoms with E-state index in [2.05, 4.69) is 21.3 Å². The van der Waals surface area contributed by atoms with Crippen molar-refractivity contribution < 1.29 is 38.6 Å². The van der Waals surface area contributed by atoms with E-state index in [9.17, 15) is 29.1 Å². The zero-order valence-corrected chi connectivity index (χ0v) is 31.9. The molecule has 14 heteroatoms. The van der Waals surface area contributed by atoms with E-state index in [-0.39, 0.29) is 31.1 Å². The van der Waals surface area contributed by atoms with Gasteiger partial charge in [0, 0.05) is 26.4 Å². The Kier molecular flexibility index (Phi) is 17.3. The van der Waals surface area contributed by atoms with Gasteiger partial charge in [-0.3, -0.25) is 19.2 Å². The van der Waals surface area contributed by atoms with Gasteiger partial charge in [0.2, 0.25) is 23.6 Å². The number of amides is 5. The Hall–Kier alpha value is -4.30. The normalized spacial score (nSPS) is 13.3. The van der Waals surface area contributed by atoms with Crippen molar-refractivity contribution in [2.75, 3.05) is 38.8 Å². The summed E-state index contributed by atoms with van der Waals surface area (Å²) in [6.07, 6.45) is 2.23. The molecule has 5 N–H and O–H groups in total. The minimum absolute atomic E-state index is 0.0191. The van der Waals surface area contributed by atoms with Gasteiger partial charge in [0.15, 0.2) is 0 Å². The molecule has 0 fully saturated rings. The van der Waals surface area contributed by atoms with E-state index >= 15 is 0 Å². The summed E-state index contributed by atoms with van der Waals surface area (Å²) >= 11 is 1.68. The van der Waals surface area contributed by atoms with Crippen molar-refractivity contribution in [3.05, 3.63) is 65.7 Å². The van der Waals surface area contributed by atoms with Crippen molar-refractivity contribution in [1.29, 1.82) is 0 Å². The lowest BCUT2D eigenvalue weighted by molar-refractivity contribution is -0.140. The molecule has 0 aliphatic carbocycles. The average Bonchev–Trinajstić information content (AvgIpc) is 3.05. The summed E-state index contributed by atoms with van der Waals surface area (Å²) in [6, 6.07) is 12.2. The maximum Gasteiger partial charge on any atom is 0.408 e. The number of aromatic hydroxyl groups is 1. The molecule has 0 aliphatic rings.